The van der Waals surface area contributed by atoms with Crippen molar-refractivity contribution in [3.63, 3.8) is 0 Å². The molecule has 0 aromatic rings. The van der Waals surface area contributed by atoms with Gasteiger partial charge in [0.25, 0.3) is 0 Å². The molecule has 1 amide bonds. The van der Waals surface area contributed by atoms with Crippen molar-refractivity contribution in [1.29, 1.82) is 0 Å². The maximum atomic E-state index is 11.2. The summed E-state index contributed by atoms with van der Waals surface area (Å²) in [6.07, 6.45) is -3.16. The Morgan fingerprint density at radius 1 is 1.39 bits per heavy atom. The summed E-state index contributed by atoms with van der Waals surface area (Å²) in [7, 11) is 0. The number of carbonyl (C=O) groups is 1. The third kappa shape index (κ3) is 2.50. The first-order chi connectivity index (χ1) is 8.34. The number of rotatable bonds is 2. The Bertz CT molecular complexity index is 333. The summed E-state index contributed by atoms with van der Waals surface area (Å²) in [6, 6.07) is -0.667. The average Bonchev–Trinajstić information content (AvgIpc) is 2.56. The van der Waals surface area contributed by atoms with Crippen LogP contribution < -0.4 is 5.32 Å². The molecule has 104 valence electrons. The number of nitrogens with one attached hydrogen (secondary N) is 1. The summed E-state index contributed by atoms with van der Waals surface area (Å²) in [5, 5.41) is 21.8. The highest BCUT2D eigenvalue weighted by Gasteiger charge is 2.54. The summed E-state index contributed by atoms with van der Waals surface area (Å²) in [6.45, 7) is 4.44. The van der Waals surface area contributed by atoms with Crippen molar-refractivity contribution in [2.24, 2.45) is 0 Å². The van der Waals surface area contributed by atoms with Crippen LogP contribution in [0.3, 0.4) is 0 Å². The molecule has 0 saturated carbocycles. The maximum absolute atomic E-state index is 11.2. The van der Waals surface area contributed by atoms with Crippen molar-refractivity contribution in [2.45, 2.75) is 57.2 Å². The average molecular weight is 261 g/mol. The van der Waals surface area contributed by atoms with E-state index in [1.54, 1.807) is 13.8 Å². The Kier molecular flexibility index (Phi) is 3.61. The molecule has 7 nitrogen and oxygen atoms in total. The van der Waals surface area contributed by atoms with Gasteiger partial charge in [0.15, 0.2) is 12.1 Å². The standard InChI is InChI=1S/C11H19NO6/c1-5(14)12-7-8(15)6(4-13)16-10-9(7)17-11(2,3)18-10/h6-10,13,15H,4H2,1-3H3,(H,12,14). The van der Waals surface area contributed by atoms with Crippen molar-refractivity contribution >= 4 is 5.91 Å². The van der Waals surface area contributed by atoms with Crippen LogP contribution in [-0.4, -0.2) is 59.2 Å². The fourth-order valence-corrected chi connectivity index (χ4v) is 2.34. The highest BCUT2D eigenvalue weighted by atomic mass is 16.8. The third-order valence-electron chi connectivity index (χ3n) is 3.05. The largest absolute Gasteiger partial charge is 0.394 e. The molecule has 0 aromatic heterocycles. The Morgan fingerprint density at radius 3 is 2.61 bits per heavy atom. The lowest BCUT2D eigenvalue weighted by molar-refractivity contribution is -0.239. The molecule has 5 unspecified atom stereocenters. The molecule has 0 radical (unpaired) electrons. The first-order valence-electron chi connectivity index (χ1n) is 5.91. The monoisotopic (exact) mass is 261 g/mol. The summed E-state index contributed by atoms with van der Waals surface area (Å²) in [5.41, 5.74) is 0. The van der Waals surface area contributed by atoms with Gasteiger partial charge in [0.1, 0.15) is 18.3 Å². The van der Waals surface area contributed by atoms with Crippen LogP contribution in [-0.2, 0) is 19.0 Å². The van der Waals surface area contributed by atoms with Crippen molar-refractivity contribution in [2.75, 3.05) is 6.61 Å². The molecule has 3 N–H and O–H groups in total. The Labute approximate surface area is 105 Å². The van der Waals surface area contributed by atoms with Crippen LogP contribution in [0.4, 0.5) is 0 Å². The summed E-state index contributed by atoms with van der Waals surface area (Å²) < 4.78 is 16.6. The zero-order valence-corrected chi connectivity index (χ0v) is 10.6. The van der Waals surface area contributed by atoms with E-state index < -0.39 is 36.4 Å². The van der Waals surface area contributed by atoms with Gasteiger partial charge in [-0.15, -0.1) is 0 Å². The first kappa shape index (κ1) is 13.7. The molecule has 2 saturated heterocycles. The molecule has 0 bridgehead atoms. The zero-order valence-electron chi connectivity index (χ0n) is 10.6. The topological polar surface area (TPSA) is 97.3 Å². The minimum Gasteiger partial charge on any atom is -0.394 e. The predicted molar refractivity (Wildman–Crippen MR) is 59.4 cm³/mol. The lowest BCUT2D eigenvalue weighted by atomic mass is 9.96. The van der Waals surface area contributed by atoms with Crippen LogP contribution in [0.5, 0.6) is 0 Å². The third-order valence-corrected chi connectivity index (χ3v) is 3.05. The van der Waals surface area contributed by atoms with Crippen LogP contribution in [0.2, 0.25) is 0 Å². The zero-order chi connectivity index (χ0) is 13.5. The number of amides is 1. The van der Waals surface area contributed by atoms with Crippen LogP contribution in [0, 0.1) is 0 Å². The normalized spacial score (nSPS) is 42.4. The number of hydrogen-bond donors (Lipinski definition) is 3. The minimum atomic E-state index is -1.04. The molecule has 2 rings (SSSR count). The van der Waals surface area contributed by atoms with Crippen molar-refractivity contribution in [3.05, 3.63) is 0 Å². The maximum Gasteiger partial charge on any atom is 0.217 e. The van der Waals surface area contributed by atoms with Crippen LogP contribution in [0.15, 0.2) is 0 Å². The molecule has 0 spiro atoms. The number of fused-ring (bicyclic) bond motifs is 1. The summed E-state index contributed by atoms with van der Waals surface area (Å²) in [5.74, 6) is -1.14. The summed E-state index contributed by atoms with van der Waals surface area (Å²) >= 11 is 0. The first-order valence-corrected chi connectivity index (χ1v) is 5.91. The van der Waals surface area contributed by atoms with E-state index in [1.807, 2.05) is 0 Å². The van der Waals surface area contributed by atoms with Gasteiger partial charge in [-0.1, -0.05) is 0 Å². The van der Waals surface area contributed by atoms with E-state index in [1.165, 1.54) is 6.92 Å². The van der Waals surface area contributed by atoms with E-state index in [0.29, 0.717) is 0 Å². The number of aliphatic hydroxyl groups is 2. The second-order valence-corrected chi connectivity index (χ2v) is 5.04. The van der Waals surface area contributed by atoms with Gasteiger partial charge in [-0.3, -0.25) is 4.79 Å². The van der Waals surface area contributed by atoms with Crippen LogP contribution in [0.1, 0.15) is 20.8 Å². The van der Waals surface area contributed by atoms with Crippen LogP contribution >= 0.6 is 0 Å². The van der Waals surface area contributed by atoms with Gasteiger partial charge >= 0.3 is 0 Å². The Hall–Kier alpha value is -0.730. The van der Waals surface area contributed by atoms with Crippen molar-refractivity contribution in [3.8, 4) is 0 Å². The molecular weight excluding hydrogens is 242 g/mol. The fraction of sp³-hybridized carbons (Fsp3) is 0.909. The molecule has 2 heterocycles. The minimum absolute atomic E-state index is 0.287. The van der Waals surface area contributed by atoms with Gasteiger partial charge in [-0.2, -0.15) is 0 Å². The molecule has 2 aliphatic heterocycles. The van der Waals surface area contributed by atoms with E-state index in [-0.39, 0.29) is 12.5 Å². The molecule has 2 aliphatic rings. The predicted octanol–water partition coefficient (Wildman–Crippen LogP) is -1.28. The molecule has 0 aromatic carbocycles. The van der Waals surface area contributed by atoms with E-state index in [2.05, 4.69) is 5.32 Å². The quantitative estimate of drug-likeness (QED) is 0.573. The molecule has 2 fully saturated rings. The van der Waals surface area contributed by atoms with Crippen molar-refractivity contribution < 1.29 is 29.2 Å². The van der Waals surface area contributed by atoms with Gasteiger partial charge in [0.05, 0.1) is 12.6 Å². The Balaban J connectivity index is 2.20. The van der Waals surface area contributed by atoms with E-state index in [0.717, 1.165) is 0 Å². The van der Waals surface area contributed by atoms with Gasteiger partial charge in [-0.05, 0) is 13.8 Å². The fourth-order valence-electron chi connectivity index (χ4n) is 2.34. The van der Waals surface area contributed by atoms with Crippen molar-refractivity contribution in [1.82, 2.24) is 5.32 Å². The van der Waals surface area contributed by atoms with Gasteiger partial charge in [0, 0.05) is 6.92 Å². The highest BCUT2D eigenvalue weighted by Crippen LogP contribution is 2.36. The lowest BCUT2D eigenvalue weighted by Crippen LogP contribution is -2.63. The van der Waals surface area contributed by atoms with E-state index >= 15 is 0 Å². The molecule has 5 atom stereocenters. The number of ether oxygens (including phenoxy) is 3. The summed E-state index contributed by atoms with van der Waals surface area (Å²) in [4.78, 5) is 11.2. The van der Waals surface area contributed by atoms with Crippen LogP contribution in [0.25, 0.3) is 0 Å². The number of aliphatic hydroxyl groups excluding tert-OH is 2. The molecule has 7 heteroatoms. The Morgan fingerprint density at radius 2 is 2.06 bits per heavy atom. The SMILES string of the molecule is CC(=O)NC1C(O)C(CO)OC2OC(C)(C)OC21. The number of hydrogen-bond acceptors (Lipinski definition) is 6. The second kappa shape index (κ2) is 4.75. The second-order valence-electron chi connectivity index (χ2n) is 5.04. The van der Waals surface area contributed by atoms with Gasteiger partial charge in [0.2, 0.25) is 5.91 Å². The number of carbonyl (C=O) groups excluding carboxylic acids is 1. The lowest BCUT2D eigenvalue weighted by Gasteiger charge is -2.39. The van der Waals surface area contributed by atoms with E-state index in [9.17, 15) is 9.90 Å². The molecule has 18 heavy (non-hydrogen) atoms. The molecular formula is C11H19NO6. The van der Waals surface area contributed by atoms with E-state index in [4.69, 9.17) is 19.3 Å². The van der Waals surface area contributed by atoms with Gasteiger partial charge in [-0.25, -0.2) is 0 Å². The molecule has 0 aliphatic carbocycles. The smallest absolute Gasteiger partial charge is 0.217 e. The highest BCUT2D eigenvalue weighted by molar-refractivity contribution is 5.73. The van der Waals surface area contributed by atoms with Gasteiger partial charge < -0.3 is 29.7 Å².